The molecule has 4 rings (SSSR count). The molecule has 3 aromatic rings. The van der Waals surface area contributed by atoms with Crippen LogP contribution in [0, 0.1) is 5.82 Å². The Balaban J connectivity index is 1.71. The molecule has 0 saturated heterocycles. The van der Waals surface area contributed by atoms with Crippen molar-refractivity contribution >= 4 is 54.5 Å². The minimum absolute atomic E-state index is 0.224. The van der Waals surface area contributed by atoms with Gasteiger partial charge in [0.25, 0.3) is 5.56 Å². The van der Waals surface area contributed by atoms with E-state index in [2.05, 4.69) is 41.9 Å². The van der Waals surface area contributed by atoms with E-state index in [1.165, 1.54) is 26.5 Å². The number of anilines is 1. The lowest BCUT2D eigenvalue weighted by Gasteiger charge is -2.30. The zero-order valence-corrected chi connectivity index (χ0v) is 17.4. The van der Waals surface area contributed by atoms with Crippen LogP contribution in [0.1, 0.15) is 12.0 Å². The summed E-state index contributed by atoms with van der Waals surface area (Å²) in [6, 6.07) is 3.17. The lowest BCUT2D eigenvalue weighted by atomic mass is 10.0. The van der Waals surface area contributed by atoms with E-state index in [9.17, 15) is 14.0 Å². The largest absolute Gasteiger partial charge is 0.308 e. The summed E-state index contributed by atoms with van der Waals surface area (Å²) in [5.74, 6) is -0.816. The van der Waals surface area contributed by atoms with Crippen LogP contribution in [0.3, 0.4) is 0 Å². The molecular weight excluding hydrogens is 485 g/mol. The summed E-state index contributed by atoms with van der Waals surface area (Å²) >= 11 is 6.53. The molecule has 3 heterocycles. The quantitative estimate of drug-likeness (QED) is 0.544. The molecule has 0 spiro atoms. The highest BCUT2D eigenvalue weighted by atomic mass is 79.9. The van der Waals surface area contributed by atoms with E-state index in [0.717, 1.165) is 12.0 Å². The Morgan fingerprint density at radius 3 is 2.89 bits per heavy atom. The number of hydrogen-bond donors (Lipinski definition) is 0. The Labute approximate surface area is 170 Å². The summed E-state index contributed by atoms with van der Waals surface area (Å²) in [7, 11) is 1.68. The van der Waals surface area contributed by atoms with E-state index in [4.69, 9.17) is 0 Å². The van der Waals surface area contributed by atoms with Crippen LogP contribution in [0.15, 0.2) is 32.3 Å². The third-order valence-corrected chi connectivity index (χ3v) is 5.59. The molecule has 0 fully saturated rings. The normalized spacial score (nSPS) is 13.9. The van der Waals surface area contributed by atoms with Crippen molar-refractivity contribution in [3.05, 3.63) is 49.3 Å². The first-order valence-corrected chi connectivity index (χ1v) is 9.81. The Bertz CT molecular complexity index is 1140. The van der Waals surface area contributed by atoms with Crippen molar-refractivity contribution in [2.75, 3.05) is 11.4 Å². The van der Waals surface area contributed by atoms with Gasteiger partial charge in [0.15, 0.2) is 5.65 Å². The molecular formula is C17H14Br2FN5O2. The van der Waals surface area contributed by atoms with Crippen LogP contribution in [0.4, 0.5) is 10.1 Å². The highest BCUT2D eigenvalue weighted by Gasteiger charge is 2.27. The summed E-state index contributed by atoms with van der Waals surface area (Å²) in [4.78, 5) is 31.2. The molecule has 7 nitrogen and oxygen atoms in total. The molecule has 1 aliphatic heterocycles. The minimum Gasteiger partial charge on any atom is -0.308 e. The number of fused-ring (bicyclic) bond motifs is 2. The summed E-state index contributed by atoms with van der Waals surface area (Å²) in [6.45, 7) is 0.184. The number of halogens is 3. The van der Waals surface area contributed by atoms with E-state index in [1.807, 2.05) is 6.07 Å². The first-order chi connectivity index (χ1) is 12.9. The van der Waals surface area contributed by atoms with Gasteiger partial charge < -0.3 is 4.90 Å². The van der Waals surface area contributed by atoms with Gasteiger partial charge in [-0.25, -0.2) is 14.1 Å². The second kappa shape index (κ2) is 6.83. The van der Waals surface area contributed by atoms with Crippen LogP contribution < -0.4 is 10.5 Å². The minimum atomic E-state index is -0.455. The van der Waals surface area contributed by atoms with Crippen LogP contribution >= 0.6 is 31.9 Å². The second-order valence-corrected chi connectivity index (χ2v) is 8.00. The smallest absolute Gasteiger partial charge is 0.266 e. The summed E-state index contributed by atoms with van der Waals surface area (Å²) < 4.78 is 18.2. The van der Waals surface area contributed by atoms with Crippen molar-refractivity contribution in [2.45, 2.75) is 19.4 Å². The zero-order valence-electron chi connectivity index (χ0n) is 14.2. The van der Waals surface area contributed by atoms with Crippen molar-refractivity contribution < 1.29 is 9.18 Å². The molecule has 27 heavy (non-hydrogen) atoms. The van der Waals surface area contributed by atoms with Crippen LogP contribution in [0.25, 0.3) is 11.0 Å². The number of rotatable bonds is 2. The molecule has 0 saturated carbocycles. The Kier molecular flexibility index (Phi) is 4.63. The maximum absolute atomic E-state index is 14.5. The standard InChI is InChI=1S/C17H14Br2FN5O2/c1-23-16-13(15(19)22-23)17(27)24(8-21-16)7-12(26)25-4-2-3-9-5-10(18)6-11(20)14(9)25/h5-6,8H,2-4,7H2,1H3. The number of carbonyl (C=O) groups excluding carboxylic acids is 1. The van der Waals surface area contributed by atoms with E-state index < -0.39 is 5.82 Å². The molecule has 0 unspecified atom stereocenters. The number of benzene rings is 1. The number of aromatic nitrogens is 4. The van der Waals surface area contributed by atoms with Crippen LogP contribution in [-0.2, 0) is 24.8 Å². The van der Waals surface area contributed by atoms with Gasteiger partial charge in [-0.2, -0.15) is 5.10 Å². The van der Waals surface area contributed by atoms with Crippen molar-refractivity contribution in [1.82, 2.24) is 19.3 Å². The topological polar surface area (TPSA) is 73.0 Å². The van der Waals surface area contributed by atoms with Gasteiger partial charge in [-0.05, 0) is 46.5 Å². The van der Waals surface area contributed by atoms with Gasteiger partial charge in [-0.1, -0.05) is 15.9 Å². The highest BCUT2D eigenvalue weighted by Crippen LogP contribution is 2.33. The molecule has 0 radical (unpaired) electrons. The van der Waals surface area contributed by atoms with Gasteiger partial charge in [0, 0.05) is 18.1 Å². The summed E-state index contributed by atoms with van der Waals surface area (Å²) in [5.41, 5.74) is 1.12. The SMILES string of the molecule is Cn1nc(Br)c2c(=O)n(CC(=O)N3CCCc4cc(Br)cc(F)c43)cnc21. The van der Waals surface area contributed by atoms with Gasteiger partial charge in [0.1, 0.15) is 28.7 Å². The van der Waals surface area contributed by atoms with Crippen molar-refractivity contribution in [3.8, 4) is 0 Å². The van der Waals surface area contributed by atoms with Gasteiger partial charge in [-0.15, -0.1) is 0 Å². The Morgan fingerprint density at radius 1 is 1.33 bits per heavy atom. The van der Waals surface area contributed by atoms with Crippen molar-refractivity contribution in [1.29, 1.82) is 0 Å². The molecule has 0 atom stereocenters. The molecule has 1 aliphatic rings. The van der Waals surface area contributed by atoms with Crippen LogP contribution in [-0.4, -0.2) is 31.8 Å². The molecule has 1 aromatic carbocycles. The molecule has 0 N–H and O–H groups in total. The van der Waals surface area contributed by atoms with Gasteiger partial charge in [0.2, 0.25) is 5.91 Å². The molecule has 2 aromatic heterocycles. The molecule has 1 amide bonds. The average molecular weight is 499 g/mol. The molecule has 140 valence electrons. The number of nitrogens with zero attached hydrogens (tertiary/aromatic N) is 5. The number of aryl methyl sites for hydroxylation is 2. The summed E-state index contributed by atoms with van der Waals surface area (Å²) in [6.07, 6.45) is 2.75. The Morgan fingerprint density at radius 2 is 2.11 bits per heavy atom. The first-order valence-electron chi connectivity index (χ1n) is 8.22. The highest BCUT2D eigenvalue weighted by molar-refractivity contribution is 9.10. The third-order valence-electron chi connectivity index (χ3n) is 4.58. The monoisotopic (exact) mass is 497 g/mol. The number of hydrogen-bond acceptors (Lipinski definition) is 4. The molecule has 0 aliphatic carbocycles. The van der Waals surface area contributed by atoms with Crippen molar-refractivity contribution in [2.24, 2.45) is 7.05 Å². The number of carbonyl (C=O) groups is 1. The maximum atomic E-state index is 14.5. The fourth-order valence-electron chi connectivity index (χ4n) is 3.38. The third kappa shape index (κ3) is 3.10. The van der Waals surface area contributed by atoms with Gasteiger partial charge in [-0.3, -0.25) is 14.2 Å². The fraction of sp³-hybridized carbons (Fsp3) is 0.294. The van der Waals surface area contributed by atoms with E-state index >= 15 is 0 Å². The lowest BCUT2D eigenvalue weighted by molar-refractivity contribution is -0.119. The van der Waals surface area contributed by atoms with Crippen molar-refractivity contribution in [3.63, 3.8) is 0 Å². The fourth-order valence-corrected chi connectivity index (χ4v) is 4.44. The van der Waals surface area contributed by atoms with Crippen LogP contribution in [0.2, 0.25) is 0 Å². The summed E-state index contributed by atoms with van der Waals surface area (Å²) in [5, 5.41) is 4.43. The lowest BCUT2D eigenvalue weighted by Crippen LogP contribution is -2.40. The van der Waals surface area contributed by atoms with E-state index in [1.54, 1.807) is 7.05 Å². The first kappa shape index (κ1) is 18.3. The number of amides is 1. The zero-order chi connectivity index (χ0) is 19.3. The predicted molar refractivity (Wildman–Crippen MR) is 105 cm³/mol. The maximum Gasteiger partial charge on any atom is 0.266 e. The average Bonchev–Trinajstić information content (AvgIpc) is 2.91. The Hall–Kier alpha value is -2.07. The predicted octanol–water partition coefficient (Wildman–Crippen LogP) is 2.77. The van der Waals surface area contributed by atoms with E-state index in [-0.39, 0.29) is 18.0 Å². The van der Waals surface area contributed by atoms with E-state index in [0.29, 0.717) is 38.8 Å². The van der Waals surface area contributed by atoms with Crippen LogP contribution in [0.5, 0.6) is 0 Å². The molecule has 10 heteroatoms. The second-order valence-electron chi connectivity index (χ2n) is 6.33. The van der Waals surface area contributed by atoms with Gasteiger partial charge in [0.05, 0.1) is 5.69 Å². The van der Waals surface area contributed by atoms with Gasteiger partial charge >= 0.3 is 0 Å². The molecule has 0 bridgehead atoms.